The Kier molecular flexibility index (Phi) is 2.66. The summed E-state index contributed by atoms with van der Waals surface area (Å²) >= 11 is 0. The van der Waals surface area contributed by atoms with Crippen LogP contribution < -0.4 is 0 Å². The zero-order chi connectivity index (χ0) is 11.7. The summed E-state index contributed by atoms with van der Waals surface area (Å²) in [6.45, 7) is -0.526. The average molecular weight is 229 g/mol. The number of aromatic nitrogens is 1. The van der Waals surface area contributed by atoms with E-state index >= 15 is 0 Å². The van der Waals surface area contributed by atoms with Crippen molar-refractivity contribution in [2.75, 3.05) is 0 Å². The average Bonchev–Trinajstić information content (AvgIpc) is 2.64. The van der Waals surface area contributed by atoms with Crippen LogP contribution in [0.5, 0.6) is 0 Å². The highest BCUT2D eigenvalue weighted by atomic mass is 19.1. The quantitative estimate of drug-likeness (QED) is 0.859. The third-order valence-electron chi connectivity index (χ3n) is 2.02. The lowest BCUT2D eigenvalue weighted by Crippen LogP contribution is -1.95. The van der Waals surface area contributed by atoms with E-state index in [1.165, 1.54) is 0 Å². The molecule has 1 N–H and O–H groups in total. The van der Waals surface area contributed by atoms with E-state index in [1.807, 2.05) is 0 Å². The Hall–Kier alpha value is -1.82. The van der Waals surface area contributed by atoms with Gasteiger partial charge in [0.1, 0.15) is 23.1 Å². The molecule has 0 spiro atoms. The van der Waals surface area contributed by atoms with Crippen molar-refractivity contribution >= 4 is 0 Å². The molecule has 6 heteroatoms. The van der Waals surface area contributed by atoms with Crippen LogP contribution in [0.3, 0.4) is 0 Å². The zero-order valence-electron chi connectivity index (χ0n) is 7.88. The van der Waals surface area contributed by atoms with Crippen molar-refractivity contribution in [3.8, 4) is 11.3 Å². The van der Waals surface area contributed by atoms with Gasteiger partial charge >= 0.3 is 0 Å². The lowest BCUT2D eigenvalue weighted by Gasteiger charge is -2.03. The zero-order valence-corrected chi connectivity index (χ0v) is 7.88. The largest absolute Gasteiger partial charge is 0.443 e. The fourth-order valence-corrected chi connectivity index (χ4v) is 1.34. The molecule has 0 saturated heterocycles. The standard InChI is InChI=1S/C10H6F3NO2/c11-5-1-6(12)9(7(13)2-5)10-8(3-15)14-4-16-10/h1-2,4,15H,3H2. The molecule has 0 aliphatic rings. The van der Waals surface area contributed by atoms with Crippen LogP contribution in [0.1, 0.15) is 5.69 Å². The number of oxazole rings is 1. The van der Waals surface area contributed by atoms with Gasteiger partial charge in [0.25, 0.3) is 0 Å². The Labute approximate surface area is 88.2 Å². The normalized spacial score (nSPS) is 10.8. The number of benzene rings is 1. The van der Waals surface area contributed by atoms with E-state index in [-0.39, 0.29) is 11.5 Å². The van der Waals surface area contributed by atoms with E-state index in [2.05, 4.69) is 4.98 Å². The van der Waals surface area contributed by atoms with Crippen LogP contribution in [0.4, 0.5) is 13.2 Å². The molecule has 0 fully saturated rings. The molecule has 0 radical (unpaired) electrons. The fourth-order valence-electron chi connectivity index (χ4n) is 1.34. The van der Waals surface area contributed by atoms with Gasteiger partial charge in [0.2, 0.25) is 0 Å². The van der Waals surface area contributed by atoms with Crippen LogP contribution in [0, 0.1) is 17.5 Å². The molecule has 3 nitrogen and oxygen atoms in total. The van der Waals surface area contributed by atoms with Crippen molar-refractivity contribution in [1.82, 2.24) is 4.98 Å². The highest BCUT2D eigenvalue weighted by molar-refractivity contribution is 5.61. The number of rotatable bonds is 2. The molecule has 1 aromatic heterocycles. The monoisotopic (exact) mass is 229 g/mol. The maximum atomic E-state index is 13.3. The van der Waals surface area contributed by atoms with E-state index in [0.29, 0.717) is 12.1 Å². The van der Waals surface area contributed by atoms with Gasteiger partial charge in [-0.25, -0.2) is 18.2 Å². The summed E-state index contributed by atoms with van der Waals surface area (Å²) in [7, 11) is 0. The second kappa shape index (κ2) is 3.97. The van der Waals surface area contributed by atoms with Crippen molar-refractivity contribution < 1.29 is 22.7 Å². The van der Waals surface area contributed by atoms with Crippen LogP contribution in [-0.4, -0.2) is 10.1 Å². The van der Waals surface area contributed by atoms with E-state index in [4.69, 9.17) is 9.52 Å². The number of aliphatic hydroxyl groups is 1. The van der Waals surface area contributed by atoms with Crippen LogP contribution in [0.15, 0.2) is 22.9 Å². The summed E-state index contributed by atoms with van der Waals surface area (Å²) < 4.78 is 44.1. The van der Waals surface area contributed by atoms with Gasteiger partial charge in [-0.2, -0.15) is 0 Å². The Morgan fingerprint density at radius 3 is 2.38 bits per heavy atom. The molecule has 0 unspecified atom stereocenters. The summed E-state index contributed by atoms with van der Waals surface area (Å²) in [5, 5.41) is 8.86. The van der Waals surface area contributed by atoms with Gasteiger partial charge in [-0.3, -0.25) is 0 Å². The minimum absolute atomic E-state index is 0.00981. The van der Waals surface area contributed by atoms with Crippen LogP contribution in [0.25, 0.3) is 11.3 Å². The maximum absolute atomic E-state index is 13.3. The Bertz CT molecular complexity index is 502. The summed E-state index contributed by atoms with van der Waals surface area (Å²) in [4.78, 5) is 3.57. The minimum atomic E-state index is -1.11. The molecule has 0 amide bonds. The van der Waals surface area contributed by atoms with Gasteiger partial charge in [0.05, 0.1) is 12.2 Å². The second-order valence-electron chi connectivity index (χ2n) is 3.03. The third kappa shape index (κ3) is 1.67. The van der Waals surface area contributed by atoms with Crippen LogP contribution in [-0.2, 0) is 6.61 Å². The first-order valence-electron chi connectivity index (χ1n) is 4.31. The first kappa shape index (κ1) is 10.7. The fraction of sp³-hybridized carbons (Fsp3) is 0.100. The maximum Gasteiger partial charge on any atom is 0.181 e. The van der Waals surface area contributed by atoms with Crippen molar-refractivity contribution in [2.24, 2.45) is 0 Å². The highest BCUT2D eigenvalue weighted by Crippen LogP contribution is 2.29. The predicted octanol–water partition coefficient (Wildman–Crippen LogP) is 2.25. The van der Waals surface area contributed by atoms with Gasteiger partial charge < -0.3 is 9.52 Å². The number of halogens is 3. The highest BCUT2D eigenvalue weighted by Gasteiger charge is 2.20. The van der Waals surface area contributed by atoms with Crippen molar-refractivity contribution in [1.29, 1.82) is 0 Å². The molecule has 0 atom stereocenters. The van der Waals surface area contributed by atoms with E-state index < -0.39 is 29.6 Å². The van der Waals surface area contributed by atoms with Crippen molar-refractivity contribution in [3.05, 3.63) is 41.7 Å². The van der Waals surface area contributed by atoms with Crippen LogP contribution in [0.2, 0.25) is 0 Å². The van der Waals surface area contributed by atoms with Crippen molar-refractivity contribution in [3.63, 3.8) is 0 Å². The molecule has 0 saturated carbocycles. The molecule has 84 valence electrons. The van der Waals surface area contributed by atoms with E-state index in [9.17, 15) is 13.2 Å². The minimum Gasteiger partial charge on any atom is -0.443 e. The molecule has 2 aromatic rings. The molecule has 2 rings (SSSR count). The molecular weight excluding hydrogens is 223 g/mol. The third-order valence-corrected chi connectivity index (χ3v) is 2.02. The Balaban J connectivity index is 2.64. The van der Waals surface area contributed by atoms with E-state index in [1.54, 1.807) is 0 Å². The SMILES string of the molecule is OCc1ncoc1-c1c(F)cc(F)cc1F. The summed E-state index contributed by atoms with van der Waals surface area (Å²) in [6.07, 6.45) is 0.948. The number of hydrogen-bond acceptors (Lipinski definition) is 3. The summed E-state index contributed by atoms with van der Waals surface area (Å²) in [6, 6.07) is 1.06. The number of hydrogen-bond donors (Lipinski definition) is 1. The lowest BCUT2D eigenvalue weighted by atomic mass is 10.1. The Morgan fingerprint density at radius 2 is 1.81 bits per heavy atom. The summed E-state index contributed by atoms with van der Waals surface area (Å²) in [5.74, 6) is -3.48. The lowest BCUT2D eigenvalue weighted by molar-refractivity contribution is 0.277. The van der Waals surface area contributed by atoms with Crippen LogP contribution >= 0.6 is 0 Å². The van der Waals surface area contributed by atoms with Gasteiger partial charge in [-0.15, -0.1) is 0 Å². The van der Waals surface area contributed by atoms with Gasteiger partial charge in [-0.05, 0) is 0 Å². The number of nitrogens with zero attached hydrogens (tertiary/aromatic N) is 1. The molecule has 1 aromatic carbocycles. The van der Waals surface area contributed by atoms with Gasteiger partial charge in [0, 0.05) is 12.1 Å². The molecule has 16 heavy (non-hydrogen) atoms. The smallest absolute Gasteiger partial charge is 0.181 e. The summed E-state index contributed by atoms with van der Waals surface area (Å²) in [5.41, 5.74) is -0.549. The van der Waals surface area contributed by atoms with Crippen molar-refractivity contribution in [2.45, 2.75) is 6.61 Å². The first-order valence-corrected chi connectivity index (χ1v) is 4.31. The first-order chi connectivity index (χ1) is 7.63. The molecule has 0 aliphatic heterocycles. The molecule has 0 bridgehead atoms. The molecular formula is C10H6F3NO2. The number of aliphatic hydroxyl groups excluding tert-OH is 1. The van der Waals surface area contributed by atoms with Gasteiger partial charge in [-0.1, -0.05) is 0 Å². The topological polar surface area (TPSA) is 46.3 Å². The second-order valence-corrected chi connectivity index (χ2v) is 3.03. The van der Waals surface area contributed by atoms with E-state index in [0.717, 1.165) is 6.39 Å². The predicted molar refractivity (Wildman–Crippen MR) is 47.7 cm³/mol. The molecule has 0 aliphatic carbocycles. The Morgan fingerprint density at radius 1 is 1.19 bits per heavy atom. The van der Waals surface area contributed by atoms with Gasteiger partial charge in [0.15, 0.2) is 12.2 Å². The molecule has 1 heterocycles.